The van der Waals surface area contributed by atoms with Crippen LogP contribution in [0.15, 0.2) is 33.2 Å². The molecular weight excluding hydrogens is 326 g/mol. The molecule has 0 unspecified atom stereocenters. The second-order valence-electron chi connectivity index (χ2n) is 4.16. The van der Waals surface area contributed by atoms with Crippen LogP contribution in [0.4, 0.5) is 0 Å². The summed E-state index contributed by atoms with van der Waals surface area (Å²) in [5, 5.41) is 7.32. The van der Waals surface area contributed by atoms with Gasteiger partial charge < -0.3 is 14.1 Å². The molecule has 0 fully saturated rings. The standard InChI is InChI=1S/C13H14BrN3O3/c1-9-15-16-12(20-9)13(18)17(2)7-8-19-11-5-3-10(14)4-6-11/h3-6H,7-8H2,1-2H3. The highest BCUT2D eigenvalue weighted by molar-refractivity contribution is 9.10. The molecule has 1 aromatic heterocycles. The number of carbonyl (C=O) groups is 1. The van der Waals surface area contributed by atoms with Gasteiger partial charge in [0.15, 0.2) is 0 Å². The predicted octanol–water partition coefficient (Wildman–Crippen LogP) is 2.29. The molecule has 20 heavy (non-hydrogen) atoms. The number of aromatic nitrogens is 2. The monoisotopic (exact) mass is 339 g/mol. The number of amides is 1. The molecule has 0 saturated carbocycles. The Hall–Kier alpha value is -1.89. The molecule has 1 heterocycles. The third kappa shape index (κ3) is 3.80. The van der Waals surface area contributed by atoms with E-state index in [1.54, 1.807) is 14.0 Å². The first kappa shape index (κ1) is 14.5. The number of aryl methyl sites for hydroxylation is 1. The normalized spacial score (nSPS) is 10.3. The lowest BCUT2D eigenvalue weighted by Crippen LogP contribution is -2.31. The molecule has 0 N–H and O–H groups in total. The van der Waals surface area contributed by atoms with Crippen molar-refractivity contribution in [3.05, 3.63) is 40.5 Å². The summed E-state index contributed by atoms with van der Waals surface area (Å²) in [4.78, 5) is 13.4. The van der Waals surface area contributed by atoms with Crippen LogP contribution in [-0.4, -0.2) is 41.2 Å². The molecule has 0 aliphatic carbocycles. The second kappa shape index (κ2) is 6.51. The van der Waals surface area contributed by atoms with Crippen molar-refractivity contribution >= 4 is 21.8 Å². The summed E-state index contributed by atoms with van der Waals surface area (Å²) in [5.41, 5.74) is 0. The Morgan fingerprint density at radius 2 is 2.05 bits per heavy atom. The van der Waals surface area contributed by atoms with Gasteiger partial charge in [0.2, 0.25) is 5.89 Å². The molecule has 1 aromatic carbocycles. The van der Waals surface area contributed by atoms with E-state index in [9.17, 15) is 4.79 Å². The number of hydrogen-bond acceptors (Lipinski definition) is 5. The fraction of sp³-hybridized carbons (Fsp3) is 0.308. The average molecular weight is 340 g/mol. The molecule has 0 saturated heterocycles. The van der Waals surface area contributed by atoms with Crippen LogP contribution in [0.25, 0.3) is 0 Å². The summed E-state index contributed by atoms with van der Waals surface area (Å²) in [7, 11) is 1.66. The lowest BCUT2D eigenvalue weighted by Gasteiger charge is -2.15. The molecule has 0 bridgehead atoms. The van der Waals surface area contributed by atoms with Crippen molar-refractivity contribution in [2.24, 2.45) is 0 Å². The number of carbonyl (C=O) groups excluding carboxylic acids is 1. The maximum absolute atomic E-state index is 11.9. The Bertz CT molecular complexity index is 583. The van der Waals surface area contributed by atoms with E-state index in [4.69, 9.17) is 9.15 Å². The lowest BCUT2D eigenvalue weighted by atomic mass is 10.3. The van der Waals surface area contributed by atoms with Crippen LogP contribution < -0.4 is 4.74 Å². The fourth-order valence-corrected chi connectivity index (χ4v) is 1.74. The number of rotatable bonds is 5. The third-order valence-corrected chi connectivity index (χ3v) is 3.09. The second-order valence-corrected chi connectivity index (χ2v) is 5.07. The first-order valence-corrected chi connectivity index (χ1v) is 6.79. The summed E-state index contributed by atoms with van der Waals surface area (Å²) in [6, 6.07) is 7.50. The third-order valence-electron chi connectivity index (χ3n) is 2.56. The van der Waals surface area contributed by atoms with Gasteiger partial charge in [-0.25, -0.2) is 0 Å². The molecule has 0 spiro atoms. The van der Waals surface area contributed by atoms with Gasteiger partial charge in [-0.3, -0.25) is 4.79 Å². The number of benzene rings is 1. The number of halogens is 1. The van der Waals surface area contributed by atoms with E-state index in [-0.39, 0.29) is 11.8 Å². The van der Waals surface area contributed by atoms with E-state index in [2.05, 4.69) is 26.1 Å². The Labute approximate surface area is 124 Å². The van der Waals surface area contributed by atoms with Gasteiger partial charge in [0.25, 0.3) is 0 Å². The highest BCUT2D eigenvalue weighted by atomic mass is 79.9. The van der Waals surface area contributed by atoms with Crippen LogP contribution in [0.1, 0.15) is 16.6 Å². The minimum absolute atomic E-state index is 0.00589. The van der Waals surface area contributed by atoms with E-state index in [1.165, 1.54) is 4.90 Å². The van der Waals surface area contributed by atoms with E-state index < -0.39 is 0 Å². The van der Waals surface area contributed by atoms with Crippen LogP contribution in [0.5, 0.6) is 5.75 Å². The lowest BCUT2D eigenvalue weighted by molar-refractivity contribution is 0.0733. The summed E-state index contributed by atoms with van der Waals surface area (Å²) >= 11 is 3.35. The minimum Gasteiger partial charge on any atom is -0.492 e. The summed E-state index contributed by atoms with van der Waals surface area (Å²) in [6.45, 7) is 2.45. The maximum atomic E-state index is 11.9. The molecule has 6 nitrogen and oxygen atoms in total. The van der Waals surface area contributed by atoms with Gasteiger partial charge in [0.05, 0.1) is 6.54 Å². The van der Waals surface area contributed by atoms with Crippen molar-refractivity contribution in [2.75, 3.05) is 20.2 Å². The zero-order chi connectivity index (χ0) is 14.5. The summed E-state index contributed by atoms with van der Waals surface area (Å²) in [5.74, 6) is 0.800. The predicted molar refractivity (Wildman–Crippen MR) is 75.6 cm³/mol. The maximum Gasteiger partial charge on any atom is 0.311 e. The van der Waals surface area contributed by atoms with Crippen molar-refractivity contribution in [1.82, 2.24) is 15.1 Å². The van der Waals surface area contributed by atoms with Crippen molar-refractivity contribution in [2.45, 2.75) is 6.92 Å². The first-order chi connectivity index (χ1) is 9.56. The van der Waals surface area contributed by atoms with Crippen LogP contribution in [0.3, 0.4) is 0 Å². The molecule has 1 amide bonds. The summed E-state index contributed by atoms with van der Waals surface area (Å²) in [6.07, 6.45) is 0. The number of ether oxygens (including phenoxy) is 1. The van der Waals surface area contributed by atoms with Crippen molar-refractivity contribution < 1.29 is 13.9 Å². The Balaban J connectivity index is 1.81. The van der Waals surface area contributed by atoms with E-state index in [0.29, 0.717) is 19.0 Å². The largest absolute Gasteiger partial charge is 0.492 e. The van der Waals surface area contributed by atoms with Gasteiger partial charge in [-0.1, -0.05) is 15.9 Å². The van der Waals surface area contributed by atoms with Crippen LogP contribution in [0, 0.1) is 6.92 Å². The Morgan fingerprint density at radius 3 is 2.65 bits per heavy atom. The summed E-state index contributed by atoms with van der Waals surface area (Å²) < 4.78 is 11.6. The number of likely N-dealkylation sites (N-methyl/N-ethyl adjacent to an activating group) is 1. The number of hydrogen-bond donors (Lipinski definition) is 0. The van der Waals surface area contributed by atoms with Crippen molar-refractivity contribution in [1.29, 1.82) is 0 Å². The SMILES string of the molecule is Cc1nnc(C(=O)N(C)CCOc2ccc(Br)cc2)o1. The molecule has 0 atom stereocenters. The van der Waals surface area contributed by atoms with Crippen LogP contribution in [-0.2, 0) is 0 Å². The molecule has 7 heteroatoms. The van der Waals surface area contributed by atoms with Gasteiger partial charge in [-0.05, 0) is 24.3 Å². The minimum atomic E-state index is -0.315. The first-order valence-electron chi connectivity index (χ1n) is 6.00. The van der Waals surface area contributed by atoms with Crippen LogP contribution >= 0.6 is 15.9 Å². The zero-order valence-corrected chi connectivity index (χ0v) is 12.8. The van der Waals surface area contributed by atoms with Crippen molar-refractivity contribution in [3.8, 4) is 5.75 Å². The highest BCUT2D eigenvalue weighted by Gasteiger charge is 2.17. The average Bonchev–Trinajstić information content (AvgIpc) is 2.86. The highest BCUT2D eigenvalue weighted by Crippen LogP contribution is 2.15. The van der Waals surface area contributed by atoms with E-state index in [1.807, 2.05) is 24.3 Å². The van der Waals surface area contributed by atoms with Gasteiger partial charge in [-0.2, -0.15) is 0 Å². The fourth-order valence-electron chi connectivity index (χ4n) is 1.48. The molecule has 2 aromatic rings. The zero-order valence-electron chi connectivity index (χ0n) is 11.2. The van der Waals surface area contributed by atoms with Crippen molar-refractivity contribution in [3.63, 3.8) is 0 Å². The number of nitrogens with zero attached hydrogens (tertiary/aromatic N) is 3. The quantitative estimate of drug-likeness (QED) is 0.835. The van der Waals surface area contributed by atoms with E-state index in [0.717, 1.165) is 10.2 Å². The Kier molecular flexibility index (Phi) is 4.73. The van der Waals surface area contributed by atoms with Gasteiger partial charge in [0.1, 0.15) is 12.4 Å². The molecule has 0 radical (unpaired) electrons. The van der Waals surface area contributed by atoms with E-state index >= 15 is 0 Å². The molecule has 0 aliphatic rings. The van der Waals surface area contributed by atoms with Crippen LogP contribution in [0.2, 0.25) is 0 Å². The molecule has 2 rings (SSSR count). The Morgan fingerprint density at radius 1 is 1.35 bits per heavy atom. The molecule has 106 valence electrons. The van der Waals surface area contributed by atoms with Gasteiger partial charge in [-0.15, -0.1) is 10.2 Å². The van der Waals surface area contributed by atoms with Gasteiger partial charge >= 0.3 is 11.8 Å². The molecule has 0 aliphatic heterocycles. The smallest absolute Gasteiger partial charge is 0.311 e. The van der Waals surface area contributed by atoms with Gasteiger partial charge in [0, 0.05) is 18.4 Å². The topological polar surface area (TPSA) is 68.5 Å². The molecular formula is C13H14BrN3O3.